The molecule has 2 aromatic carbocycles. The molecule has 0 atom stereocenters. The second kappa shape index (κ2) is 7.31. The van der Waals surface area contributed by atoms with Crippen molar-refractivity contribution in [2.24, 2.45) is 0 Å². The number of nitrogens with one attached hydrogen (secondary N) is 1. The molecule has 120 valence electrons. The molecule has 0 aliphatic rings. The van der Waals surface area contributed by atoms with Crippen LogP contribution >= 0.6 is 0 Å². The first-order valence-corrected chi connectivity index (χ1v) is 7.21. The first-order chi connectivity index (χ1) is 11.0. The number of imide groups is 1. The molecule has 0 spiro atoms. The van der Waals surface area contributed by atoms with Crippen molar-refractivity contribution in [1.82, 2.24) is 0 Å². The molecule has 0 aliphatic heterocycles. The predicted molar refractivity (Wildman–Crippen MR) is 90.6 cm³/mol. The smallest absolute Gasteiger partial charge is 0.333 e. The summed E-state index contributed by atoms with van der Waals surface area (Å²) in [6, 6.07) is 13.0. The Morgan fingerprint density at radius 1 is 1.17 bits per heavy atom. The molecule has 0 unspecified atom stereocenters. The number of benzene rings is 2. The van der Waals surface area contributed by atoms with Crippen LogP contribution in [0.4, 0.5) is 21.9 Å². The van der Waals surface area contributed by atoms with Gasteiger partial charge in [-0.2, -0.15) is 0 Å². The van der Waals surface area contributed by atoms with Crippen LogP contribution in [0.25, 0.3) is 0 Å². The monoisotopic (exact) mass is 313 g/mol. The van der Waals surface area contributed by atoms with Gasteiger partial charge in [-0.25, -0.2) is 9.69 Å². The lowest BCUT2D eigenvalue weighted by Gasteiger charge is -2.20. The van der Waals surface area contributed by atoms with Gasteiger partial charge in [0.05, 0.1) is 12.3 Å². The molecule has 0 heterocycles. The molecule has 2 rings (SSSR count). The van der Waals surface area contributed by atoms with Gasteiger partial charge in [-0.1, -0.05) is 6.07 Å². The maximum absolute atomic E-state index is 12.4. The zero-order valence-electron chi connectivity index (χ0n) is 13.1. The third-order valence-corrected chi connectivity index (χ3v) is 3.06. The summed E-state index contributed by atoms with van der Waals surface area (Å²) in [6.07, 6.45) is 0. The highest BCUT2D eigenvalue weighted by Gasteiger charge is 2.20. The average Bonchev–Trinajstić information content (AvgIpc) is 2.49. The van der Waals surface area contributed by atoms with Crippen LogP contribution in [0, 0.1) is 0 Å². The fourth-order valence-corrected chi connectivity index (χ4v) is 2.09. The maximum atomic E-state index is 12.4. The van der Waals surface area contributed by atoms with Gasteiger partial charge in [-0.3, -0.25) is 4.79 Å². The fraction of sp³-hybridized carbons (Fsp3) is 0.176. The summed E-state index contributed by atoms with van der Waals surface area (Å²) in [5.74, 6) is 0.309. The molecule has 0 radical (unpaired) electrons. The molecule has 6 nitrogen and oxygen atoms in total. The number of rotatable bonds is 4. The van der Waals surface area contributed by atoms with Crippen LogP contribution in [0.15, 0.2) is 48.5 Å². The van der Waals surface area contributed by atoms with Crippen molar-refractivity contribution in [2.45, 2.75) is 13.8 Å². The summed E-state index contributed by atoms with van der Waals surface area (Å²) < 4.78 is 5.34. The first-order valence-electron chi connectivity index (χ1n) is 7.21. The molecule has 0 aromatic heterocycles. The highest BCUT2D eigenvalue weighted by atomic mass is 16.5. The second-order valence-electron chi connectivity index (χ2n) is 4.84. The topological polar surface area (TPSA) is 84.7 Å². The lowest BCUT2D eigenvalue weighted by atomic mass is 10.2. The zero-order chi connectivity index (χ0) is 16.8. The standard InChI is InChI=1S/C17H19N3O3/c1-3-23-16-9-7-14(8-10-16)19-17(22)20(12(2)21)15-6-4-5-13(18)11-15/h4-11H,3,18H2,1-2H3,(H,19,22). The number of hydrogen-bond acceptors (Lipinski definition) is 4. The predicted octanol–water partition coefficient (Wildman–Crippen LogP) is 3.25. The Labute approximate surface area is 134 Å². The van der Waals surface area contributed by atoms with Crippen LogP contribution in [0.1, 0.15) is 13.8 Å². The number of nitrogen functional groups attached to an aromatic ring is 1. The minimum atomic E-state index is -0.549. The Morgan fingerprint density at radius 2 is 1.87 bits per heavy atom. The van der Waals surface area contributed by atoms with Crippen LogP contribution in [0.3, 0.4) is 0 Å². The van der Waals surface area contributed by atoms with Gasteiger partial charge in [0, 0.05) is 18.3 Å². The molecule has 0 aliphatic carbocycles. The van der Waals surface area contributed by atoms with E-state index in [1.807, 2.05) is 6.92 Å². The molecule has 0 saturated carbocycles. The van der Waals surface area contributed by atoms with Gasteiger partial charge in [-0.05, 0) is 49.4 Å². The van der Waals surface area contributed by atoms with Crippen LogP contribution in [0.2, 0.25) is 0 Å². The van der Waals surface area contributed by atoms with Crippen LogP contribution in [-0.4, -0.2) is 18.5 Å². The van der Waals surface area contributed by atoms with Crippen molar-refractivity contribution in [3.05, 3.63) is 48.5 Å². The molecule has 0 fully saturated rings. The summed E-state index contributed by atoms with van der Waals surface area (Å²) >= 11 is 0. The van der Waals surface area contributed by atoms with Crippen molar-refractivity contribution >= 4 is 29.0 Å². The number of urea groups is 1. The second-order valence-corrected chi connectivity index (χ2v) is 4.84. The van der Waals surface area contributed by atoms with Gasteiger partial charge in [0.1, 0.15) is 5.75 Å². The van der Waals surface area contributed by atoms with Gasteiger partial charge < -0.3 is 15.8 Å². The lowest BCUT2D eigenvalue weighted by molar-refractivity contribution is -0.115. The Hall–Kier alpha value is -3.02. The zero-order valence-corrected chi connectivity index (χ0v) is 13.1. The van der Waals surface area contributed by atoms with E-state index in [0.717, 1.165) is 4.90 Å². The quantitative estimate of drug-likeness (QED) is 0.849. The fourth-order valence-electron chi connectivity index (χ4n) is 2.09. The maximum Gasteiger partial charge on any atom is 0.333 e. The lowest BCUT2D eigenvalue weighted by Crippen LogP contribution is -2.38. The minimum Gasteiger partial charge on any atom is -0.494 e. The Morgan fingerprint density at radius 3 is 2.43 bits per heavy atom. The van der Waals surface area contributed by atoms with Crippen molar-refractivity contribution < 1.29 is 14.3 Å². The third kappa shape index (κ3) is 4.23. The number of carbonyl (C=O) groups is 2. The molecular weight excluding hydrogens is 294 g/mol. The minimum absolute atomic E-state index is 0.404. The Kier molecular flexibility index (Phi) is 5.19. The van der Waals surface area contributed by atoms with E-state index in [4.69, 9.17) is 10.5 Å². The van der Waals surface area contributed by atoms with Gasteiger partial charge in [-0.15, -0.1) is 0 Å². The van der Waals surface area contributed by atoms with Gasteiger partial charge in [0.25, 0.3) is 0 Å². The van der Waals surface area contributed by atoms with E-state index < -0.39 is 11.9 Å². The molecule has 3 amide bonds. The number of amides is 3. The Balaban J connectivity index is 2.17. The molecule has 6 heteroatoms. The average molecular weight is 313 g/mol. The van der Waals surface area contributed by atoms with Gasteiger partial charge >= 0.3 is 6.03 Å². The van der Waals surface area contributed by atoms with Crippen LogP contribution in [-0.2, 0) is 4.79 Å². The van der Waals surface area contributed by atoms with Gasteiger partial charge in [0.2, 0.25) is 5.91 Å². The molecule has 2 aromatic rings. The van der Waals surface area contributed by atoms with E-state index in [1.54, 1.807) is 48.5 Å². The first kappa shape index (κ1) is 16.4. The number of nitrogens with zero attached hydrogens (tertiary/aromatic N) is 1. The summed E-state index contributed by atoms with van der Waals surface area (Å²) in [5.41, 5.74) is 7.17. The summed E-state index contributed by atoms with van der Waals surface area (Å²) in [6.45, 7) is 3.78. The van der Waals surface area contributed by atoms with Crippen molar-refractivity contribution in [1.29, 1.82) is 0 Å². The molecular formula is C17H19N3O3. The highest BCUT2D eigenvalue weighted by molar-refractivity contribution is 6.17. The summed E-state index contributed by atoms with van der Waals surface area (Å²) in [7, 11) is 0. The highest BCUT2D eigenvalue weighted by Crippen LogP contribution is 2.20. The molecule has 0 bridgehead atoms. The van der Waals surface area contributed by atoms with Crippen molar-refractivity contribution in [3.8, 4) is 5.75 Å². The number of carbonyl (C=O) groups excluding carboxylic acids is 2. The SMILES string of the molecule is CCOc1ccc(NC(=O)N(C(C)=O)c2cccc(N)c2)cc1. The molecule has 0 saturated heterocycles. The van der Waals surface area contributed by atoms with E-state index in [0.29, 0.717) is 29.4 Å². The number of nitrogens with two attached hydrogens (primary N) is 1. The summed E-state index contributed by atoms with van der Waals surface area (Å²) in [5, 5.41) is 2.68. The van der Waals surface area contributed by atoms with E-state index in [9.17, 15) is 9.59 Å². The Bertz CT molecular complexity index is 698. The number of ether oxygens (including phenoxy) is 1. The third-order valence-electron chi connectivity index (χ3n) is 3.06. The van der Waals surface area contributed by atoms with E-state index in [-0.39, 0.29) is 0 Å². The summed E-state index contributed by atoms with van der Waals surface area (Å²) in [4.78, 5) is 25.3. The van der Waals surface area contributed by atoms with Crippen LogP contribution in [0.5, 0.6) is 5.75 Å². The molecule has 3 N–H and O–H groups in total. The van der Waals surface area contributed by atoms with E-state index in [2.05, 4.69) is 5.32 Å². The number of anilines is 3. The van der Waals surface area contributed by atoms with Crippen molar-refractivity contribution in [3.63, 3.8) is 0 Å². The van der Waals surface area contributed by atoms with E-state index >= 15 is 0 Å². The molecule has 23 heavy (non-hydrogen) atoms. The van der Waals surface area contributed by atoms with Gasteiger partial charge in [0.15, 0.2) is 0 Å². The van der Waals surface area contributed by atoms with E-state index in [1.165, 1.54) is 6.92 Å². The number of hydrogen-bond donors (Lipinski definition) is 2. The largest absolute Gasteiger partial charge is 0.494 e. The van der Waals surface area contributed by atoms with Crippen LogP contribution < -0.4 is 20.7 Å². The normalized spacial score (nSPS) is 10.0. The van der Waals surface area contributed by atoms with Crippen molar-refractivity contribution in [2.75, 3.05) is 22.6 Å².